The van der Waals surface area contributed by atoms with Crippen LogP contribution < -0.4 is 0 Å². The van der Waals surface area contributed by atoms with Crippen molar-refractivity contribution in [1.82, 2.24) is 9.55 Å². The highest BCUT2D eigenvalue weighted by Crippen LogP contribution is 2.11. The Labute approximate surface area is 103 Å². The number of hydrogen-bond acceptors (Lipinski definition) is 3. The zero-order valence-corrected chi connectivity index (χ0v) is 9.93. The highest BCUT2D eigenvalue weighted by atomic mass is 32.2. The molecule has 0 aliphatic rings. The van der Waals surface area contributed by atoms with Gasteiger partial charge in [-0.1, -0.05) is 30.3 Å². The largest absolute Gasteiger partial charge is 0.473 e. The van der Waals surface area contributed by atoms with Crippen molar-refractivity contribution in [2.75, 3.05) is 0 Å². The fourth-order valence-corrected chi connectivity index (χ4v) is 1.92. The van der Waals surface area contributed by atoms with Gasteiger partial charge in [-0.25, -0.2) is 9.78 Å². The molecule has 0 atom stereocenters. The average molecular weight is 248 g/mol. The molecule has 17 heavy (non-hydrogen) atoms. The van der Waals surface area contributed by atoms with Crippen molar-refractivity contribution in [3.63, 3.8) is 0 Å². The minimum Gasteiger partial charge on any atom is -0.473 e. The lowest BCUT2D eigenvalue weighted by Crippen LogP contribution is -1.95. The Morgan fingerprint density at radius 2 is 2.12 bits per heavy atom. The number of imidazole rings is 1. The van der Waals surface area contributed by atoms with Crippen LogP contribution in [0.25, 0.3) is 0 Å². The van der Waals surface area contributed by atoms with Crippen LogP contribution in [0.3, 0.4) is 0 Å². The summed E-state index contributed by atoms with van der Waals surface area (Å²) in [6, 6.07) is 10.1. The van der Waals surface area contributed by atoms with E-state index in [9.17, 15) is 4.79 Å². The highest BCUT2D eigenvalue weighted by Gasteiger charge is 2.03. The van der Waals surface area contributed by atoms with E-state index in [4.69, 9.17) is 5.11 Å². The second-order valence-electron chi connectivity index (χ2n) is 3.58. The van der Waals surface area contributed by atoms with E-state index in [0.29, 0.717) is 5.75 Å². The summed E-state index contributed by atoms with van der Waals surface area (Å²) in [5, 5.41) is 7.67. The molecule has 1 aromatic heterocycles. The van der Waals surface area contributed by atoms with E-state index in [2.05, 4.69) is 4.98 Å². The minimum absolute atomic E-state index is 0.400. The van der Waals surface area contributed by atoms with Crippen LogP contribution in [0.1, 0.15) is 11.3 Å². The van der Waals surface area contributed by atoms with Crippen molar-refractivity contribution in [3.05, 3.63) is 54.1 Å². The molecule has 0 radical (unpaired) electrons. The number of benzene rings is 1. The van der Waals surface area contributed by atoms with Crippen molar-refractivity contribution >= 4 is 17.1 Å². The zero-order chi connectivity index (χ0) is 12.1. The molecule has 0 fully saturated rings. The van der Waals surface area contributed by atoms with Crippen LogP contribution in [0.2, 0.25) is 0 Å². The van der Waals surface area contributed by atoms with E-state index in [-0.39, 0.29) is 0 Å². The van der Waals surface area contributed by atoms with Gasteiger partial charge in [0, 0.05) is 18.5 Å². The smallest absolute Gasteiger partial charge is 0.365 e. The van der Waals surface area contributed by atoms with Crippen molar-refractivity contribution < 1.29 is 9.90 Å². The molecule has 88 valence electrons. The molecule has 0 amide bonds. The van der Waals surface area contributed by atoms with Crippen LogP contribution in [-0.4, -0.2) is 20.0 Å². The topological polar surface area (TPSA) is 55.1 Å². The molecule has 2 rings (SSSR count). The predicted octanol–water partition coefficient (Wildman–Crippen LogP) is 2.84. The first kappa shape index (κ1) is 11.7. The SMILES string of the molecule is O=C(O)SCc1cn(Cc2ccccc2)cn1. The van der Waals surface area contributed by atoms with E-state index in [1.165, 1.54) is 5.56 Å². The van der Waals surface area contributed by atoms with Gasteiger partial charge in [0.2, 0.25) is 0 Å². The lowest BCUT2D eigenvalue weighted by atomic mass is 10.2. The van der Waals surface area contributed by atoms with Crippen LogP contribution in [0.4, 0.5) is 4.79 Å². The van der Waals surface area contributed by atoms with Crippen LogP contribution in [0.5, 0.6) is 0 Å². The summed E-state index contributed by atoms with van der Waals surface area (Å²) in [5.41, 5.74) is 1.98. The lowest BCUT2D eigenvalue weighted by Gasteiger charge is -2.01. The summed E-state index contributed by atoms with van der Waals surface area (Å²) in [5.74, 6) is 0.400. The predicted molar refractivity (Wildman–Crippen MR) is 67.1 cm³/mol. The van der Waals surface area contributed by atoms with Crippen molar-refractivity contribution in [3.8, 4) is 0 Å². The zero-order valence-electron chi connectivity index (χ0n) is 9.11. The summed E-state index contributed by atoms with van der Waals surface area (Å²) in [6.07, 6.45) is 3.60. The van der Waals surface area contributed by atoms with Gasteiger partial charge in [-0.05, 0) is 17.3 Å². The molecule has 1 N–H and O–H groups in total. The summed E-state index contributed by atoms with van der Waals surface area (Å²) in [7, 11) is 0. The molecule has 1 aromatic carbocycles. The second kappa shape index (κ2) is 5.54. The molecular weight excluding hydrogens is 236 g/mol. The van der Waals surface area contributed by atoms with Gasteiger partial charge in [0.25, 0.3) is 0 Å². The Balaban J connectivity index is 1.97. The highest BCUT2D eigenvalue weighted by molar-refractivity contribution is 8.12. The van der Waals surface area contributed by atoms with E-state index >= 15 is 0 Å². The Hall–Kier alpha value is -1.75. The van der Waals surface area contributed by atoms with Gasteiger partial charge in [-0.3, -0.25) is 0 Å². The molecule has 0 saturated heterocycles. The quantitative estimate of drug-likeness (QED) is 0.904. The number of hydrogen-bond donors (Lipinski definition) is 1. The number of carbonyl (C=O) groups is 1. The normalized spacial score (nSPS) is 10.4. The summed E-state index contributed by atoms with van der Waals surface area (Å²) in [6.45, 7) is 0.756. The Morgan fingerprint density at radius 3 is 2.82 bits per heavy atom. The third-order valence-corrected chi connectivity index (χ3v) is 2.93. The molecule has 0 saturated carbocycles. The minimum atomic E-state index is -0.873. The third kappa shape index (κ3) is 3.64. The van der Waals surface area contributed by atoms with E-state index in [1.54, 1.807) is 6.33 Å². The molecule has 5 heteroatoms. The standard InChI is InChI=1S/C12H12N2O2S/c15-12(16)17-8-11-7-14(9-13-11)6-10-4-2-1-3-5-10/h1-5,7,9H,6,8H2,(H,15,16). The van der Waals surface area contributed by atoms with Crippen molar-refractivity contribution in [2.24, 2.45) is 0 Å². The third-order valence-electron chi connectivity index (χ3n) is 2.24. The maximum Gasteiger partial charge on any atom is 0.365 e. The maximum absolute atomic E-state index is 10.4. The number of aromatic nitrogens is 2. The van der Waals surface area contributed by atoms with Crippen LogP contribution >= 0.6 is 11.8 Å². The Bertz CT molecular complexity index is 496. The van der Waals surface area contributed by atoms with E-state index in [1.807, 2.05) is 41.1 Å². The van der Waals surface area contributed by atoms with E-state index < -0.39 is 5.30 Å². The first-order chi connectivity index (χ1) is 8.24. The molecule has 0 spiro atoms. The molecule has 0 aliphatic carbocycles. The molecule has 1 heterocycles. The van der Waals surface area contributed by atoms with Gasteiger partial charge in [0.15, 0.2) is 0 Å². The molecule has 0 unspecified atom stereocenters. The number of carboxylic acid groups (broad SMARTS) is 1. The van der Waals surface area contributed by atoms with Crippen LogP contribution in [-0.2, 0) is 12.3 Å². The summed E-state index contributed by atoms with van der Waals surface area (Å²) in [4.78, 5) is 14.6. The maximum atomic E-state index is 10.4. The number of rotatable bonds is 4. The monoisotopic (exact) mass is 248 g/mol. The van der Waals surface area contributed by atoms with Crippen LogP contribution in [0, 0.1) is 0 Å². The van der Waals surface area contributed by atoms with Gasteiger partial charge >= 0.3 is 5.30 Å². The summed E-state index contributed by atoms with van der Waals surface area (Å²) >= 11 is 0.845. The second-order valence-corrected chi connectivity index (χ2v) is 4.50. The number of thioether (sulfide) groups is 1. The van der Waals surface area contributed by atoms with Gasteiger partial charge in [0.05, 0.1) is 12.0 Å². The molecule has 4 nitrogen and oxygen atoms in total. The van der Waals surface area contributed by atoms with Crippen molar-refractivity contribution in [2.45, 2.75) is 12.3 Å². The van der Waals surface area contributed by atoms with Crippen LogP contribution in [0.15, 0.2) is 42.9 Å². The molecule has 2 aromatic rings. The average Bonchev–Trinajstić information content (AvgIpc) is 2.75. The first-order valence-electron chi connectivity index (χ1n) is 5.14. The van der Waals surface area contributed by atoms with E-state index in [0.717, 1.165) is 24.0 Å². The molecule has 0 bridgehead atoms. The summed E-state index contributed by atoms with van der Waals surface area (Å²) < 4.78 is 1.95. The molecule has 0 aliphatic heterocycles. The van der Waals surface area contributed by atoms with Gasteiger partial charge in [-0.2, -0.15) is 0 Å². The Morgan fingerprint density at radius 1 is 1.35 bits per heavy atom. The van der Waals surface area contributed by atoms with Gasteiger partial charge < -0.3 is 9.67 Å². The van der Waals surface area contributed by atoms with Gasteiger partial charge in [-0.15, -0.1) is 0 Å². The van der Waals surface area contributed by atoms with Crippen molar-refractivity contribution in [1.29, 1.82) is 0 Å². The number of nitrogens with zero attached hydrogens (tertiary/aromatic N) is 2. The Kier molecular flexibility index (Phi) is 3.82. The first-order valence-corrected chi connectivity index (χ1v) is 6.13. The fourth-order valence-electron chi connectivity index (χ4n) is 1.50. The lowest BCUT2D eigenvalue weighted by molar-refractivity contribution is 0.222. The molecular formula is C12H12N2O2S. The van der Waals surface area contributed by atoms with Gasteiger partial charge in [0.1, 0.15) is 0 Å². The fraction of sp³-hybridized carbons (Fsp3) is 0.167.